The molecule has 3 aromatic rings. The van der Waals surface area contributed by atoms with Crippen LogP contribution in [0.2, 0.25) is 0 Å². The summed E-state index contributed by atoms with van der Waals surface area (Å²) in [5.41, 5.74) is 0. The van der Waals surface area contributed by atoms with Gasteiger partial charge in [0, 0.05) is 9.75 Å². The van der Waals surface area contributed by atoms with Crippen LogP contribution in [0.4, 0.5) is 0 Å². The molecule has 3 heteroatoms. The van der Waals surface area contributed by atoms with E-state index in [1.54, 1.807) is 11.3 Å². The van der Waals surface area contributed by atoms with Gasteiger partial charge in [-0.25, -0.2) is 0 Å². The molecule has 0 saturated carbocycles. The molecule has 0 N–H and O–H groups in total. The quantitative estimate of drug-likeness (QED) is 0.643. The van der Waals surface area contributed by atoms with E-state index in [1.807, 2.05) is 60.7 Å². The summed E-state index contributed by atoms with van der Waals surface area (Å²) in [4.78, 5) is 2.40. The lowest BCUT2D eigenvalue weighted by atomic mass is 10.3. The molecule has 0 fully saturated rings. The van der Waals surface area contributed by atoms with Gasteiger partial charge in [0.25, 0.3) is 0 Å². The lowest BCUT2D eigenvalue weighted by molar-refractivity contribution is 0.309. The summed E-state index contributed by atoms with van der Waals surface area (Å²) >= 11 is 1.72. The molecule has 2 aromatic carbocycles. The molecule has 0 aliphatic heterocycles. The van der Waals surface area contributed by atoms with Gasteiger partial charge in [0.1, 0.15) is 24.7 Å². The van der Waals surface area contributed by atoms with Crippen LogP contribution >= 0.6 is 11.3 Å². The van der Waals surface area contributed by atoms with Gasteiger partial charge in [-0.1, -0.05) is 36.4 Å². The molecule has 0 aliphatic carbocycles. The second-order valence-electron chi connectivity index (χ2n) is 4.57. The maximum Gasteiger partial charge on any atom is 0.122 e. The van der Waals surface area contributed by atoms with Crippen molar-refractivity contribution in [3.63, 3.8) is 0 Å². The van der Waals surface area contributed by atoms with E-state index in [0.717, 1.165) is 11.5 Å². The molecule has 3 rings (SSSR count). The van der Waals surface area contributed by atoms with Crippen LogP contribution in [0.3, 0.4) is 0 Å². The summed E-state index contributed by atoms with van der Waals surface area (Å²) in [6.45, 7) is 1.19. The van der Waals surface area contributed by atoms with Gasteiger partial charge >= 0.3 is 0 Å². The van der Waals surface area contributed by atoms with Gasteiger partial charge in [-0.2, -0.15) is 0 Å². The van der Waals surface area contributed by atoms with Crippen molar-refractivity contribution in [2.24, 2.45) is 0 Å². The Morgan fingerprint density at radius 3 is 1.43 bits per heavy atom. The molecular formula is C18H16O2S. The van der Waals surface area contributed by atoms with Crippen LogP contribution < -0.4 is 9.47 Å². The van der Waals surface area contributed by atoms with Gasteiger partial charge in [-0.3, -0.25) is 0 Å². The van der Waals surface area contributed by atoms with Crippen molar-refractivity contribution in [2.45, 2.75) is 13.2 Å². The zero-order chi connectivity index (χ0) is 14.3. The Balaban J connectivity index is 1.52. The predicted molar refractivity (Wildman–Crippen MR) is 85.9 cm³/mol. The molecule has 1 aromatic heterocycles. The average molecular weight is 296 g/mol. The van der Waals surface area contributed by atoms with E-state index < -0.39 is 0 Å². The zero-order valence-corrected chi connectivity index (χ0v) is 12.4. The van der Waals surface area contributed by atoms with Crippen molar-refractivity contribution in [2.75, 3.05) is 0 Å². The van der Waals surface area contributed by atoms with Gasteiger partial charge in [0.05, 0.1) is 0 Å². The molecule has 0 atom stereocenters. The molecule has 0 radical (unpaired) electrons. The minimum atomic E-state index is 0.597. The van der Waals surface area contributed by atoms with Gasteiger partial charge < -0.3 is 9.47 Å². The van der Waals surface area contributed by atoms with E-state index in [2.05, 4.69) is 12.1 Å². The first-order valence-electron chi connectivity index (χ1n) is 6.83. The third-order valence-electron chi connectivity index (χ3n) is 2.97. The molecule has 2 nitrogen and oxygen atoms in total. The van der Waals surface area contributed by atoms with E-state index in [9.17, 15) is 0 Å². The smallest absolute Gasteiger partial charge is 0.122 e. The highest BCUT2D eigenvalue weighted by Crippen LogP contribution is 2.21. The van der Waals surface area contributed by atoms with E-state index >= 15 is 0 Å². The van der Waals surface area contributed by atoms with Crippen LogP contribution in [0.15, 0.2) is 72.8 Å². The average Bonchev–Trinajstić information content (AvgIpc) is 3.01. The Morgan fingerprint density at radius 1 is 0.571 bits per heavy atom. The largest absolute Gasteiger partial charge is 0.488 e. The van der Waals surface area contributed by atoms with Crippen molar-refractivity contribution in [1.82, 2.24) is 0 Å². The maximum absolute atomic E-state index is 5.74. The van der Waals surface area contributed by atoms with Crippen molar-refractivity contribution >= 4 is 11.3 Å². The van der Waals surface area contributed by atoms with Crippen molar-refractivity contribution in [3.8, 4) is 11.5 Å². The summed E-state index contributed by atoms with van der Waals surface area (Å²) in [6.07, 6.45) is 0. The highest BCUT2D eigenvalue weighted by atomic mass is 32.1. The Bertz CT molecular complexity index is 604. The standard InChI is InChI=1S/C18H16O2S/c1-3-7-15(8-4-1)19-13-17-11-12-18(21-17)14-20-16-9-5-2-6-10-16/h1-12H,13-14H2. The molecule has 0 spiro atoms. The Kier molecular flexibility index (Phi) is 4.54. The van der Waals surface area contributed by atoms with Gasteiger partial charge in [-0.05, 0) is 36.4 Å². The van der Waals surface area contributed by atoms with E-state index in [1.165, 1.54) is 9.75 Å². The van der Waals surface area contributed by atoms with Crippen LogP contribution in [0, 0.1) is 0 Å². The molecule has 21 heavy (non-hydrogen) atoms. The number of hydrogen-bond donors (Lipinski definition) is 0. The summed E-state index contributed by atoms with van der Waals surface area (Å²) < 4.78 is 11.5. The van der Waals surface area contributed by atoms with Crippen LogP contribution in [-0.4, -0.2) is 0 Å². The minimum Gasteiger partial charge on any atom is -0.488 e. The normalized spacial score (nSPS) is 10.3. The SMILES string of the molecule is c1ccc(OCc2ccc(COc3ccccc3)s2)cc1. The fraction of sp³-hybridized carbons (Fsp3) is 0.111. The minimum absolute atomic E-state index is 0.597. The van der Waals surface area contributed by atoms with Crippen LogP contribution in [-0.2, 0) is 13.2 Å². The van der Waals surface area contributed by atoms with Crippen LogP contribution in [0.25, 0.3) is 0 Å². The molecule has 0 unspecified atom stereocenters. The number of para-hydroxylation sites is 2. The summed E-state index contributed by atoms with van der Waals surface area (Å²) in [6, 6.07) is 23.9. The van der Waals surface area contributed by atoms with Crippen molar-refractivity contribution < 1.29 is 9.47 Å². The number of rotatable bonds is 6. The zero-order valence-electron chi connectivity index (χ0n) is 11.6. The molecule has 0 bridgehead atoms. The van der Waals surface area contributed by atoms with Gasteiger partial charge in [0.15, 0.2) is 0 Å². The Labute approximate surface area is 128 Å². The molecule has 0 amide bonds. The molecule has 0 aliphatic rings. The number of ether oxygens (including phenoxy) is 2. The number of benzene rings is 2. The first kappa shape index (κ1) is 13.7. The summed E-state index contributed by atoms with van der Waals surface area (Å²) in [7, 11) is 0. The predicted octanol–water partition coefficient (Wildman–Crippen LogP) is 4.91. The maximum atomic E-state index is 5.74. The molecule has 0 saturated heterocycles. The number of thiophene rings is 1. The Morgan fingerprint density at radius 2 is 1.00 bits per heavy atom. The lowest BCUT2D eigenvalue weighted by Crippen LogP contribution is -1.93. The molecule has 1 heterocycles. The van der Waals surface area contributed by atoms with Crippen LogP contribution in [0.5, 0.6) is 11.5 Å². The lowest BCUT2D eigenvalue weighted by Gasteiger charge is -2.04. The van der Waals surface area contributed by atoms with Crippen LogP contribution in [0.1, 0.15) is 9.75 Å². The molecule has 106 valence electrons. The summed E-state index contributed by atoms with van der Waals surface area (Å²) in [5, 5.41) is 0. The molecular weight excluding hydrogens is 280 g/mol. The summed E-state index contributed by atoms with van der Waals surface area (Å²) in [5.74, 6) is 1.79. The van der Waals surface area contributed by atoms with E-state index in [0.29, 0.717) is 13.2 Å². The highest BCUT2D eigenvalue weighted by Gasteiger charge is 2.02. The van der Waals surface area contributed by atoms with Gasteiger partial charge in [0.2, 0.25) is 0 Å². The van der Waals surface area contributed by atoms with E-state index in [4.69, 9.17) is 9.47 Å². The number of hydrogen-bond acceptors (Lipinski definition) is 3. The first-order chi connectivity index (χ1) is 10.4. The van der Waals surface area contributed by atoms with Crippen molar-refractivity contribution in [3.05, 3.63) is 82.6 Å². The fourth-order valence-electron chi connectivity index (χ4n) is 1.92. The topological polar surface area (TPSA) is 18.5 Å². The highest BCUT2D eigenvalue weighted by molar-refractivity contribution is 7.11. The monoisotopic (exact) mass is 296 g/mol. The third-order valence-corrected chi connectivity index (χ3v) is 4.00. The van der Waals surface area contributed by atoms with Crippen molar-refractivity contribution in [1.29, 1.82) is 0 Å². The second-order valence-corrected chi connectivity index (χ2v) is 5.82. The Hall–Kier alpha value is -2.26. The second kappa shape index (κ2) is 6.95. The third kappa shape index (κ3) is 4.10. The fourth-order valence-corrected chi connectivity index (χ4v) is 2.76. The van der Waals surface area contributed by atoms with Gasteiger partial charge in [-0.15, -0.1) is 11.3 Å². The van der Waals surface area contributed by atoms with E-state index in [-0.39, 0.29) is 0 Å². The first-order valence-corrected chi connectivity index (χ1v) is 7.65.